The fraction of sp³-hybridized carbons (Fsp3) is 0. The largest absolute Gasteiger partial charge is 0.493 e. The number of aromatic amines is 1. The van der Waals surface area contributed by atoms with Crippen LogP contribution in [0.15, 0.2) is 54.7 Å². The molecule has 4 heterocycles. The maximum absolute atomic E-state index is 10.4. The number of nitrogens with one attached hydrogen (secondary N) is 1. The minimum Gasteiger partial charge on any atom is -0.493 e. The van der Waals surface area contributed by atoms with Gasteiger partial charge in [-0.1, -0.05) is 24.3 Å². The molecule has 0 amide bonds. The van der Waals surface area contributed by atoms with E-state index in [9.17, 15) is 5.11 Å². The molecule has 4 aromatic heterocycles. The number of H-pyrrole nitrogens is 1. The summed E-state index contributed by atoms with van der Waals surface area (Å²) in [6.45, 7) is 0. The van der Waals surface area contributed by atoms with Crippen LogP contribution in [0.2, 0.25) is 0 Å². The molecule has 0 aliphatic heterocycles. The van der Waals surface area contributed by atoms with Crippen LogP contribution in [0, 0.1) is 0 Å². The molecule has 0 spiro atoms. The van der Waals surface area contributed by atoms with Gasteiger partial charge >= 0.3 is 0 Å². The highest BCUT2D eigenvalue weighted by Gasteiger charge is 2.19. The third-order valence-electron chi connectivity index (χ3n) is 4.60. The molecule has 6 aromatic rings. The lowest BCUT2D eigenvalue weighted by atomic mass is 10.3. The maximum Gasteiger partial charge on any atom is 0.215 e. The normalized spacial score (nSPS) is 12.3. The van der Waals surface area contributed by atoms with Gasteiger partial charge in [0, 0.05) is 6.20 Å². The standard InChI is InChI=1S/C18H11N5O/c24-18-15-14(9-19-18)22-12-7-3-1-5-10(12)20-16(22)17-21-11-6-2-4-8-13(11)23(15)17/h1-9,19,24H. The monoisotopic (exact) mass is 313 g/mol. The highest BCUT2D eigenvalue weighted by atomic mass is 16.3. The van der Waals surface area contributed by atoms with Gasteiger partial charge in [0.1, 0.15) is 5.52 Å². The van der Waals surface area contributed by atoms with Gasteiger partial charge in [0.2, 0.25) is 5.88 Å². The van der Waals surface area contributed by atoms with Crippen molar-refractivity contribution in [3.05, 3.63) is 54.7 Å². The second-order valence-corrected chi connectivity index (χ2v) is 5.89. The lowest BCUT2D eigenvalue weighted by Gasteiger charge is -2.04. The zero-order valence-electron chi connectivity index (χ0n) is 12.4. The van der Waals surface area contributed by atoms with Crippen molar-refractivity contribution in [1.29, 1.82) is 0 Å². The Labute approximate surface area is 134 Å². The van der Waals surface area contributed by atoms with Crippen molar-refractivity contribution < 1.29 is 5.11 Å². The van der Waals surface area contributed by atoms with E-state index < -0.39 is 0 Å². The summed E-state index contributed by atoms with van der Waals surface area (Å²) in [5.41, 5.74) is 6.79. The van der Waals surface area contributed by atoms with Crippen molar-refractivity contribution in [3.63, 3.8) is 0 Å². The fourth-order valence-corrected chi connectivity index (χ4v) is 3.61. The first-order chi connectivity index (χ1) is 11.8. The number of aromatic nitrogens is 5. The number of hydrogen-bond acceptors (Lipinski definition) is 3. The molecule has 0 saturated carbocycles. The molecule has 6 heteroatoms. The molecule has 0 atom stereocenters. The predicted molar refractivity (Wildman–Crippen MR) is 92.5 cm³/mol. The number of hydrogen-bond donors (Lipinski definition) is 2. The van der Waals surface area contributed by atoms with E-state index >= 15 is 0 Å². The van der Waals surface area contributed by atoms with Crippen molar-refractivity contribution in [2.45, 2.75) is 0 Å². The second-order valence-electron chi connectivity index (χ2n) is 5.89. The molecular weight excluding hydrogens is 302 g/mol. The summed E-state index contributed by atoms with van der Waals surface area (Å²) in [5.74, 6) is 0.123. The average molecular weight is 313 g/mol. The predicted octanol–water partition coefficient (Wildman–Crippen LogP) is 3.48. The van der Waals surface area contributed by atoms with Crippen LogP contribution in [-0.2, 0) is 0 Å². The Morgan fingerprint density at radius 1 is 0.750 bits per heavy atom. The van der Waals surface area contributed by atoms with E-state index in [1.54, 1.807) is 6.20 Å². The van der Waals surface area contributed by atoms with Gasteiger partial charge < -0.3 is 10.1 Å². The first-order valence-corrected chi connectivity index (χ1v) is 7.69. The molecule has 0 aliphatic rings. The highest BCUT2D eigenvalue weighted by Crippen LogP contribution is 2.33. The number of aromatic hydroxyl groups is 1. The Morgan fingerprint density at radius 3 is 2.04 bits per heavy atom. The molecule has 114 valence electrons. The van der Waals surface area contributed by atoms with Gasteiger partial charge in [0.25, 0.3) is 0 Å². The van der Waals surface area contributed by atoms with Crippen LogP contribution in [0.4, 0.5) is 0 Å². The molecule has 0 bridgehead atoms. The first-order valence-electron chi connectivity index (χ1n) is 7.69. The summed E-state index contributed by atoms with van der Waals surface area (Å²) in [7, 11) is 0. The van der Waals surface area contributed by atoms with Crippen LogP contribution < -0.4 is 0 Å². The van der Waals surface area contributed by atoms with E-state index in [1.807, 2.05) is 57.3 Å². The SMILES string of the molecule is Oc1[nH]cc2c1n1c3ccccc3nc1c1nc3ccccc3n21. The van der Waals surface area contributed by atoms with Gasteiger partial charge in [-0.15, -0.1) is 0 Å². The number of fused-ring (bicyclic) bond motifs is 10. The number of nitrogens with zero attached hydrogens (tertiary/aromatic N) is 4. The molecule has 0 radical (unpaired) electrons. The first kappa shape index (κ1) is 12.0. The minimum atomic E-state index is 0.123. The van der Waals surface area contributed by atoms with Crippen molar-refractivity contribution in [2.75, 3.05) is 0 Å². The highest BCUT2D eigenvalue weighted by molar-refractivity contribution is 6.00. The van der Waals surface area contributed by atoms with E-state index in [-0.39, 0.29) is 5.88 Å². The van der Waals surface area contributed by atoms with Crippen LogP contribution in [0.3, 0.4) is 0 Å². The molecular formula is C18H11N5O. The lowest BCUT2D eigenvalue weighted by molar-refractivity contribution is 0.461. The summed E-state index contributed by atoms with van der Waals surface area (Å²) < 4.78 is 4.01. The van der Waals surface area contributed by atoms with Gasteiger partial charge in [-0.3, -0.25) is 8.80 Å². The summed E-state index contributed by atoms with van der Waals surface area (Å²) in [6.07, 6.45) is 1.81. The smallest absolute Gasteiger partial charge is 0.215 e. The molecule has 0 unspecified atom stereocenters. The molecule has 0 saturated heterocycles. The topological polar surface area (TPSA) is 70.6 Å². The molecule has 2 aromatic carbocycles. The van der Waals surface area contributed by atoms with Crippen LogP contribution in [0.5, 0.6) is 5.88 Å². The van der Waals surface area contributed by atoms with Crippen molar-refractivity contribution in [3.8, 4) is 5.88 Å². The minimum absolute atomic E-state index is 0.123. The zero-order chi connectivity index (χ0) is 15.8. The Bertz CT molecular complexity index is 1420. The van der Waals surface area contributed by atoms with Crippen LogP contribution in [0.1, 0.15) is 0 Å². The second kappa shape index (κ2) is 3.86. The number of rotatable bonds is 0. The molecule has 6 rings (SSSR count). The quantitative estimate of drug-likeness (QED) is 0.451. The summed E-state index contributed by atoms with van der Waals surface area (Å²) in [4.78, 5) is 12.5. The third-order valence-corrected chi connectivity index (χ3v) is 4.60. The van der Waals surface area contributed by atoms with Crippen LogP contribution in [-0.4, -0.2) is 28.9 Å². The molecule has 2 N–H and O–H groups in total. The van der Waals surface area contributed by atoms with E-state index in [1.165, 1.54) is 0 Å². The van der Waals surface area contributed by atoms with Gasteiger partial charge in [-0.2, -0.15) is 0 Å². The maximum atomic E-state index is 10.4. The van der Waals surface area contributed by atoms with Gasteiger partial charge in [0.15, 0.2) is 11.3 Å². The Hall–Kier alpha value is -3.54. The Morgan fingerprint density at radius 2 is 1.33 bits per heavy atom. The van der Waals surface area contributed by atoms with Crippen LogP contribution >= 0.6 is 0 Å². The van der Waals surface area contributed by atoms with E-state index in [0.29, 0.717) is 5.52 Å². The third kappa shape index (κ3) is 1.24. The van der Waals surface area contributed by atoms with Gasteiger partial charge in [-0.05, 0) is 24.3 Å². The summed E-state index contributed by atoms with van der Waals surface area (Å²) >= 11 is 0. The number of benzene rings is 2. The van der Waals surface area contributed by atoms with Crippen molar-refractivity contribution >= 4 is 44.4 Å². The zero-order valence-corrected chi connectivity index (χ0v) is 12.4. The fourth-order valence-electron chi connectivity index (χ4n) is 3.61. The summed E-state index contributed by atoms with van der Waals surface area (Å²) in [6, 6.07) is 15.9. The Kier molecular flexibility index (Phi) is 1.92. The molecule has 0 fully saturated rings. The number of para-hydroxylation sites is 4. The lowest BCUT2D eigenvalue weighted by Crippen LogP contribution is -1.95. The van der Waals surface area contributed by atoms with Gasteiger partial charge in [-0.25, -0.2) is 9.97 Å². The molecule has 24 heavy (non-hydrogen) atoms. The molecule has 6 nitrogen and oxygen atoms in total. The van der Waals surface area contributed by atoms with Gasteiger partial charge in [0.05, 0.1) is 27.6 Å². The summed E-state index contributed by atoms with van der Waals surface area (Å²) in [5, 5.41) is 10.4. The van der Waals surface area contributed by atoms with Crippen molar-refractivity contribution in [1.82, 2.24) is 23.8 Å². The van der Waals surface area contributed by atoms with Crippen molar-refractivity contribution in [2.24, 2.45) is 0 Å². The Balaban J connectivity index is 2.08. The van der Waals surface area contributed by atoms with Crippen LogP contribution in [0.25, 0.3) is 44.4 Å². The number of imidazole rings is 2. The van der Waals surface area contributed by atoms with E-state index in [4.69, 9.17) is 9.97 Å². The van der Waals surface area contributed by atoms with E-state index in [0.717, 1.165) is 38.9 Å². The molecule has 0 aliphatic carbocycles. The average Bonchev–Trinajstić information content (AvgIpc) is 3.27. The van der Waals surface area contributed by atoms with E-state index in [2.05, 4.69) is 4.98 Å².